The maximum Gasteiger partial charge on any atom is 0.353 e. The van der Waals surface area contributed by atoms with Gasteiger partial charge in [0.25, 0.3) is 0 Å². The van der Waals surface area contributed by atoms with Gasteiger partial charge >= 0.3 is 17.6 Å². The Morgan fingerprint density at radius 1 is 1.33 bits per heavy atom. The monoisotopic (exact) mass is 220 g/mol. The van der Waals surface area contributed by atoms with Crippen LogP contribution in [0, 0.1) is 0 Å². The zero-order chi connectivity index (χ0) is 11.5. The van der Waals surface area contributed by atoms with Gasteiger partial charge in [-0.15, -0.1) is 0 Å². The molecule has 2 N–H and O–H groups in total. The molecule has 15 heavy (non-hydrogen) atoms. The molecular weight excluding hydrogens is 207 g/mol. The van der Waals surface area contributed by atoms with Crippen molar-refractivity contribution in [1.29, 1.82) is 0 Å². The fourth-order valence-corrected chi connectivity index (χ4v) is 1.55. The molecule has 5 nitrogen and oxygen atoms in total. The first-order valence-electron chi connectivity index (χ1n) is 4.74. The molecule has 1 atom stereocenters. The smallest absolute Gasteiger partial charge is 0.353 e. The minimum atomic E-state index is -3.23. The first kappa shape index (κ1) is 11.9. The highest BCUT2D eigenvalue weighted by molar-refractivity contribution is 6.01. The van der Waals surface area contributed by atoms with E-state index in [0.29, 0.717) is 13.0 Å². The lowest BCUT2D eigenvalue weighted by Crippen LogP contribution is -2.45. The van der Waals surface area contributed by atoms with E-state index in [0.717, 1.165) is 12.8 Å². The minimum Gasteiger partial charge on any atom is -0.478 e. The van der Waals surface area contributed by atoms with E-state index in [4.69, 9.17) is 14.9 Å². The Morgan fingerprint density at radius 2 is 1.93 bits per heavy atom. The number of rotatable bonds is 4. The van der Waals surface area contributed by atoms with Gasteiger partial charge in [-0.25, -0.2) is 14.0 Å². The summed E-state index contributed by atoms with van der Waals surface area (Å²) < 4.78 is 18.6. The molecule has 0 amide bonds. The largest absolute Gasteiger partial charge is 0.478 e. The Kier molecular flexibility index (Phi) is 3.62. The van der Waals surface area contributed by atoms with E-state index in [1.807, 2.05) is 0 Å². The van der Waals surface area contributed by atoms with Crippen LogP contribution >= 0.6 is 0 Å². The normalized spacial score (nSPS) is 22.3. The van der Waals surface area contributed by atoms with Gasteiger partial charge < -0.3 is 14.9 Å². The highest BCUT2D eigenvalue weighted by Gasteiger charge is 2.49. The number of ether oxygens (including phenoxy) is 1. The standard InChI is InChI=1S/C9H13FO5/c10-9(7(11)12,8(13)14)5-6-3-1-2-4-15-6/h6H,1-5H2,(H,11,12)(H,13,14)/t6-/m1/s1. The zero-order valence-corrected chi connectivity index (χ0v) is 8.11. The van der Waals surface area contributed by atoms with Crippen LogP contribution in [0.25, 0.3) is 0 Å². The van der Waals surface area contributed by atoms with Crippen molar-refractivity contribution in [2.75, 3.05) is 6.61 Å². The molecule has 0 radical (unpaired) electrons. The van der Waals surface area contributed by atoms with E-state index in [1.165, 1.54) is 0 Å². The van der Waals surface area contributed by atoms with Crippen LogP contribution in [0.4, 0.5) is 4.39 Å². The predicted octanol–water partition coefficient (Wildman–Crippen LogP) is 0.823. The number of carboxylic acid groups (broad SMARTS) is 2. The van der Waals surface area contributed by atoms with Gasteiger partial charge in [0.2, 0.25) is 0 Å². The van der Waals surface area contributed by atoms with E-state index >= 15 is 0 Å². The highest BCUT2D eigenvalue weighted by Crippen LogP contribution is 2.26. The van der Waals surface area contributed by atoms with Gasteiger partial charge in [0.1, 0.15) is 0 Å². The van der Waals surface area contributed by atoms with Crippen molar-refractivity contribution in [3.8, 4) is 0 Å². The van der Waals surface area contributed by atoms with Crippen LogP contribution in [-0.2, 0) is 14.3 Å². The Morgan fingerprint density at radius 3 is 2.33 bits per heavy atom. The summed E-state index contributed by atoms with van der Waals surface area (Å²) in [4.78, 5) is 21.1. The van der Waals surface area contributed by atoms with E-state index < -0.39 is 30.1 Å². The molecule has 1 fully saturated rings. The van der Waals surface area contributed by atoms with Crippen LogP contribution in [0.5, 0.6) is 0 Å². The number of halogens is 1. The summed E-state index contributed by atoms with van der Waals surface area (Å²) in [5.74, 6) is -3.94. The van der Waals surface area contributed by atoms with E-state index in [1.54, 1.807) is 0 Å². The average molecular weight is 220 g/mol. The van der Waals surface area contributed by atoms with E-state index in [2.05, 4.69) is 0 Å². The second-order valence-corrected chi connectivity index (χ2v) is 3.60. The number of alkyl halides is 1. The summed E-state index contributed by atoms with van der Waals surface area (Å²) in [6, 6.07) is 0. The Hall–Kier alpha value is -1.17. The molecule has 0 aromatic carbocycles. The van der Waals surface area contributed by atoms with Crippen LogP contribution in [0.15, 0.2) is 0 Å². The van der Waals surface area contributed by atoms with Crippen LogP contribution in [0.3, 0.4) is 0 Å². The molecule has 86 valence electrons. The molecule has 0 spiro atoms. The van der Waals surface area contributed by atoms with Crippen molar-refractivity contribution in [2.24, 2.45) is 0 Å². The molecule has 0 bridgehead atoms. The molecule has 1 aliphatic rings. The fourth-order valence-electron chi connectivity index (χ4n) is 1.55. The third-order valence-electron chi connectivity index (χ3n) is 2.46. The molecule has 1 heterocycles. The summed E-state index contributed by atoms with van der Waals surface area (Å²) in [7, 11) is 0. The number of hydrogen-bond donors (Lipinski definition) is 2. The first-order chi connectivity index (χ1) is 6.97. The first-order valence-corrected chi connectivity index (χ1v) is 4.74. The molecule has 1 aliphatic heterocycles. The van der Waals surface area contributed by atoms with Crippen LogP contribution in [-0.4, -0.2) is 40.5 Å². The lowest BCUT2D eigenvalue weighted by atomic mass is 9.94. The topological polar surface area (TPSA) is 83.8 Å². The number of aliphatic carboxylic acids is 2. The molecule has 0 aromatic rings. The van der Waals surface area contributed by atoms with Crippen molar-refractivity contribution in [3.63, 3.8) is 0 Å². The maximum atomic E-state index is 13.5. The Balaban J connectivity index is 2.65. The maximum absolute atomic E-state index is 13.5. The van der Waals surface area contributed by atoms with E-state index in [9.17, 15) is 14.0 Å². The van der Waals surface area contributed by atoms with Crippen LogP contribution in [0.2, 0.25) is 0 Å². The predicted molar refractivity (Wildman–Crippen MR) is 47.3 cm³/mol. The van der Waals surface area contributed by atoms with Gasteiger partial charge in [-0.1, -0.05) is 0 Å². The number of carbonyl (C=O) groups is 2. The van der Waals surface area contributed by atoms with Crippen LogP contribution in [0.1, 0.15) is 25.7 Å². The lowest BCUT2D eigenvalue weighted by Gasteiger charge is -2.26. The molecular formula is C9H13FO5. The summed E-state index contributed by atoms with van der Waals surface area (Å²) in [5.41, 5.74) is -3.23. The van der Waals surface area contributed by atoms with Gasteiger partial charge in [-0.2, -0.15) is 0 Å². The van der Waals surface area contributed by atoms with Gasteiger partial charge in [0.15, 0.2) is 0 Å². The SMILES string of the molecule is O=C(O)C(F)(C[C@H]1CCCCO1)C(=O)O. The number of hydrogen-bond acceptors (Lipinski definition) is 3. The molecule has 0 saturated carbocycles. The fraction of sp³-hybridized carbons (Fsp3) is 0.778. The average Bonchev–Trinajstić information content (AvgIpc) is 2.18. The second kappa shape index (κ2) is 4.57. The van der Waals surface area contributed by atoms with Gasteiger partial charge in [0, 0.05) is 13.0 Å². The van der Waals surface area contributed by atoms with Crippen molar-refractivity contribution >= 4 is 11.9 Å². The van der Waals surface area contributed by atoms with E-state index in [-0.39, 0.29) is 0 Å². The third-order valence-corrected chi connectivity index (χ3v) is 2.46. The molecule has 6 heteroatoms. The summed E-state index contributed by atoms with van der Waals surface area (Å²) >= 11 is 0. The molecule has 1 rings (SSSR count). The lowest BCUT2D eigenvalue weighted by molar-refractivity contribution is -0.171. The third kappa shape index (κ3) is 2.65. The van der Waals surface area contributed by atoms with Gasteiger partial charge in [-0.3, -0.25) is 0 Å². The Labute approximate surface area is 85.8 Å². The minimum absolute atomic E-state index is 0.431. The molecule has 0 aromatic heterocycles. The summed E-state index contributed by atoms with van der Waals surface area (Å²) in [6.45, 7) is 0.431. The molecule has 0 aliphatic carbocycles. The van der Waals surface area contributed by atoms with Crippen LogP contribution < -0.4 is 0 Å². The molecule has 0 unspecified atom stereocenters. The molecule has 1 saturated heterocycles. The van der Waals surface area contributed by atoms with Gasteiger partial charge in [-0.05, 0) is 19.3 Å². The van der Waals surface area contributed by atoms with Crippen molar-refractivity contribution in [2.45, 2.75) is 37.5 Å². The Bertz CT molecular complexity index is 245. The highest BCUT2D eigenvalue weighted by atomic mass is 19.1. The van der Waals surface area contributed by atoms with Crippen molar-refractivity contribution < 1.29 is 28.9 Å². The quantitative estimate of drug-likeness (QED) is 0.685. The van der Waals surface area contributed by atoms with Crippen molar-refractivity contribution in [3.05, 3.63) is 0 Å². The zero-order valence-electron chi connectivity index (χ0n) is 8.11. The summed E-state index contributed by atoms with van der Waals surface area (Å²) in [6.07, 6.45) is 0.913. The number of carboxylic acids is 2. The van der Waals surface area contributed by atoms with Crippen molar-refractivity contribution in [1.82, 2.24) is 0 Å². The van der Waals surface area contributed by atoms with Gasteiger partial charge in [0.05, 0.1) is 6.10 Å². The second-order valence-electron chi connectivity index (χ2n) is 3.60. The summed E-state index contributed by atoms with van der Waals surface area (Å²) in [5, 5.41) is 17.0.